The van der Waals surface area contributed by atoms with Gasteiger partial charge in [0.15, 0.2) is 0 Å². The van der Waals surface area contributed by atoms with Crippen molar-refractivity contribution in [1.82, 2.24) is 4.90 Å². The number of rotatable bonds is 3. The summed E-state index contributed by atoms with van der Waals surface area (Å²) in [4.78, 5) is 24.5. The van der Waals surface area contributed by atoms with Gasteiger partial charge in [0.25, 0.3) is 0 Å². The van der Waals surface area contributed by atoms with Crippen LogP contribution in [0, 0.1) is 5.92 Å². The molecule has 0 radical (unpaired) electrons. The van der Waals surface area contributed by atoms with Gasteiger partial charge in [0.2, 0.25) is 0 Å². The Kier molecular flexibility index (Phi) is 4.07. The summed E-state index contributed by atoms with van der Waals surface area (Å²) in [5, 5.41) is 0. The second-order valence-electron chi connectivity index (χ2n) is 3.79. The Bertz CT molecular complexity index is 227. The summed E-state index contributed by atoms with van der Waals surface area (Å²) >= 11 is 0. The number of methoxy groups -OCH3 is 1. The molecule has 4 heteroatoms. The number of carbonyl (C=O) groups is 2. The van der Waals surface area contributed by atoms with Gasteiger partial charge in [-0.2, -0.15) is 0 Å². The maximum Gasteiger partial charge on any atom is 0.305 e. The molecule has 80 valence electrons. The summed E-state index contributed by atoms with van der Waals surface area (Å²) in [5.74, 6) is 0.0749. The maximum absolute atomic E-state index is 11.5. The van der Waals surface area contributed by atoms with Crippen LogP contribution in [-0.2, 0) is 14.3 Å². The Labute approximate surface area is 84.2 Å². The number of hydrogen-bond acceptors (Lipinski definition) is 4. The van der Waals surface area contributed by atoms with Gasteiger partial charge in [-0.1, -0.05) is 0 Å². The standard InChI is InChI=1S/C10H17NO3/c1-11-6-5-9(12)8(7-11)3-4-10(13)14-2/h8H,3-7H2,1-2H3. The number of ether oxygens (including phenoxy) is 1. The van der Waals surface area contributed by atoms with Crippen molar-refractivity contribution in [3.63, 3.8) is 0 Å². The maximum atomic E-state index is 11.5. The van der Waals surface area contributed by atoms with Gasteiger partial charge in [0.1, 0.15) is 5.78 Å². The van der Waals surface area contributed by atoms with E-state index >= 15 is 0 Å². The minimum absolute atomic E-state index is 0.0212. The van der Waals surface area contributed by atoms with E-state index in [1.165, 1.54) is 7.11 Å². The smallest absolute Gasteiger partial charge is 0.305 e. The zero-order chi connectivity index (χ0) is 10.6. The lowest BCUT2D eigenvalue weighted by Gasteiger charge is -2.28. The van der Waals surface area contributed by atoms with Crippen LogP contribution >= 0.6 is 0 Å². The number of carbonyl (C=O) groups excluding carboxylic acids is 2. The predicted molar refractivity (Wildman–Crippen MR) is 51.9 cm³/mol. The van der Waals surface area contributed by atoms with Crippen molar-refractivity contribution in [2.75, 3.05) is 27.2 Å². The number of ketones is 1. The molecular weight excluding hydrogens is 182 g/mol. The molecule has 0 N–H and O–H groups in total. The van der Waals surface area contributed by atoms with E-state index in [1.807, 2.05) is 7.05 Å². The summed E-state index contributed by atoms with van der Waals surface area (Å²) in [6.07, 6.45) is 1.58. The number of hydrogen-bond donors (Lipinski definition) is 0. The molecule has 1 aliphatic rings. The highest BCUT2D eigenvalue weighted by Crippen LogP contribution is 2.16. The lowest BCUT2D eigenvalue weighted by molar-refractivity contribution is -0.141. The molecule has 0 bridgehead atoms. The Morgan fingerprint density at radius 2 is 2.36 bits per heavy atom. The van der Waals surface area contributed by atoms with Crippen LogP contribution in [0.3, 0.4) is 0 Å². The molecule has 1 aliphatic heterocycles. The molecule has 1 unspecified atom stereocenters. The van der Waals surface area contributed by atoms with Crippen molar-refractivity contribution in [1.29, 1.82) is 0 Å². The lowest BCUT2D eigenvalue weighted by atomic mass is 9.92. The van der Waals surface area contributed by atoms with Gasteiger partial charge >= 0.3 is 5.97 Å². The van der Waals surface area contributed by atoms with Gasteiger partial charge in [0.05, 0.1) is 7.11 Å². The molecule has 0 saturated carbocycles. The Morgan fingerprint density at radius 3 is 3.00 bits per heavy atom. The van der Waals surface area contributed by atoms with Gasteiger partial charge in [-0.15, -0.1) is 0 Å². The first-order chi connectivity index (χ1) is 6.63. The van der Waals surface area contributed by atoms with Gasteiger partial charge in [-0.05, 0) is 13.5 Å². The quantitative estimate of drug-likeness (QED) is 0.619. The van der Waals surface area contributed by atoms with Crippen LogP contribution < -0.4 is 0 Å². The molecule has 0 aliphatic carbocycles. The first-order valence-electron chi connectivity index (χ1n) is 4.91. The molecule has 1 fully saturated rings. The van der Waals surface area contributed by atoms with Crippen LogP contribution in [0.15, 0.2) is 0 Å². The summed E-state index contributed by atoms with van der Waals surface area (Å²) in [6.45, 7) is 1.61. The second kappa shape index (κ2) is 5.10. The van der Waals surface area contributed by atoms with Crippen LogP contribution in [0.2, 0.25) is 0 Å². The molecule has 0 amide bonds. The Hall–Kier alpha value is -0.900. The third-order valence-corrected chi connectivity index (χ3v) is 2.65. The van der Waals surface area contributed by atoms with E-state index in [9.17, 15) is 9.59 Å². The number of nitrogens with zero attached hydrogens (tertiary/aromatic N) is 1. The summed E-state index contributed by atoms with van der Waals surface area (Å²) in [5.41, 5.74) is 0. The van der Waals surface area contributed by atoms with Crippen LogP contribution in [0.4, 0.5) is 0 Å². The van der Waals surface area contributed by atoms with E-state index in [1.54, 1.807) is 0 Å². The third kappa shape index (κ3) is 3.10. The van der Waals surface area contributed by atoms with Gasteiger partial charge < -0.3 is 9.64 Å². The van der Waals surface area contributed by atoms with E-state index < -0.39 is 0 Å². The molecule has 0 aromatic rings. The van der Waals surface area contributed by atoms with Gasteiger partial charge in [0, 0.05) is 31.8 Å². The van der Waals surface area contributed by atoms with Crippen molar-refractivity contribution < 1.29 is 14.3 Å². The number of esters is 1. The fourth-order valence-corrected chi connectivity index (χ4v) is 1.72. The van der Waals surface area contributed by atoms with E-state index in [2.05, 4.69) is 9.64 Å². The fraction of sp³-hybridized carbons (Fsp3) is 0.800. The molecule has 4 nitrogen and oxygen atoms in total. The minimum atomic E-state index is -0.231. The topological polar surface area (TPSA) is 46.6 Å². The SMILES string of the molecule is COC(=O)CCC1CN(C)CCC1=O. The van der Waals surface area contributed by atoms with Crippen molar-refractivity contribution >= 4 is 11.8 Å². The van der Waals surface area contributed by atoms with Gasteiger partial charge in [-0.25, -0.2) is 0 Å². The van der Waals surface area contributed by atoms with Crippen molar-refractivity contribution in [2.24, 2.45) is 5.92 Å². The molecular formula is C10H17NO3. The lowest BCUT2D eigenvalue weighted by Crippen LogP contribution is -2.38. The molecule has 0 spiro atoms. The van der Waals surface area contributed by atoms with Crippen LogP contribution in [0.25, 0.3) is 0 Å². The summed E-state index contributed by atoms with van der Waals surface area (Å²) in [6, 6.07) is 0. The largest absolute Gasteiger partial charge is 0.469 e. The van der Waals surface area contributed by atoms with Crippen molar-refractivity contribution in [2.45, 2.75) is 19.3 Å². The molecule has 1 rings (SSSR count). The molecule has 1 saturated heterocycles. The second-order valence-corrected chi connectivity index (χ2v) is 3.79. The average Bonchev–Trinajstić information content (AvgIpc) is 2.19. The Morgan fingerprint density at radius 1 is 1.64 bits per heavy atom. The van der Waals surface area contributed by atoms with E-state index in [0.717, 1.165) is 13.1 Å². The van der Waals surface area contributed by atoms with E-state index in [0.29, 0.717) is 19.3 Å². The molecule has 14 heavy (non-hydrogen) atoms. The normalized spacial score (nSPS) is 23.6. The molecule has 1 atom stereocenters. The van der Waals surface area contributed by atoms with Gasteiger partial charge in [-0.3, -0.25) is 9.59 Å². The monoisotopic (exact) mass is 199 g/mol. The van der Waals surface area contributed by atoms with Crippen LogP contribution in [0.1, 0.15) is 19.3 Å². The first-order valence-corrected chi connectivity index (χ1v) is 4.91. The van der Waals surface area contributed by atoms with Crippen molar-refractivity contribution in [3.05, 3.63) is 0 Å². The van der Waals surface area contributed by atoms with Crippen LogP contribution in [0.5, 0.6) is 0 Å². The zero-order valence-electron chi connectivity index (χ0n) is 8.78. The predicted octanol–water partition coefficient (Wildman–Crippen LogP) is 0.460. The zero-order valence-corrected chi connectivity index (χ0v) is 8.78. The summed E-state index contributed by atoms with van der Waals surface area (Å²) in [7, 11) is 3.37. The molecule has 1 heterocycles. The minimum Gasteiger partial charge on any atom is -0.469 e. The number of piperidine rings is 1. The van der Waals surface area contributed by atoms with Crippen molar-refractivity contribution in [3.8, 4) is 0 Å². The first kappa shape index (κ1) is 11.2. The number of likely N-dealkylation sites (tertiary alicyclic amines) is 1. The molecule has 0 aromatic heterocycles. The molecule has 0 aromatic carbocycles. The number of Topliss-reactive ketones (excluding diaryl/α,β-unsaturated/α-hetero) is 1. The highest BCUT2D eigenvalue weighted by atomic mass is 16.5. The Balaban J connectivity index is 2.34. The third-order valence-electron chi connectivity index (χ3n) is 2.65. The van der Waals surface area contributed by atoms with E-state index in [4.69, 9.17) is 0 Å². The highest BCUT2D eigenvalue weighted by Gasteiger charge is 2.25. The summed E-state index contributed by atoms with van der Waals surface area (Å²) < 4.78 is 4.54. The average molecular weight is 199 g/mol. The highest BCUT2D eigenvalue weighted by molar-refractivity contribution is 5.82. The van der Waals surface area contributed by atoms with E-state index in [-0.39, 0.29) is 17.7 Å². The fourth-order valence-electron chi connectivity index (χ4n) is 1.72. The van der Waals surface area contributed by atoms with Crippen LogP contribution in [-0.4, -0.2) is 43.9 Å².